The summed E-state index contributed by atoms with van der Waals surface area (Å²) in [7, 11) is 0. The van der Waals surface area contributed by atoms with Crippen LogP contribution in [-0.4, -0.2) is 21.3 Å². The number of aromatic nitrogens is 3. The van der Waals surface area contributed by atoms with Gasteiger partial charge in [0.25, 0.3) is 5.91 Å². The van der Waals surface area contributed by atoms with Crippen molar-refractivity contribution in [2.45, 2.75) is 13.8 Å². The van der Waals surface area contributed by atoms with Gasteiger partial charge in [-0.1, -0.05) is 16.8 Å². The van der Waals surface area contributed by atoms with E-state index in [1.54, 1.807) is 12.1 Å². The van der Waals surface area contributed by atoms with E-state index in [0.717, 1.165) is 22.5 Å². The van der Waals surface area contributed by atoms with Crippen molar-refractivity contribution in [3.05, 3.63) is 77.4 Å². The fraction of sp³-hybridized carbons (Fsp3) is 0.0952. The number of anilines is 1. The van der Waals surface area contributed by atoms with Crippen molar-refractivity contribution in [3.63, 3.8) is 0 Å². The molecule has 2 N–H and O–H groups in total. The van der Waals surface area contributed by atoms with Crippen LogP contribution < -0.4 is 5.32 Å². The molecule has 0 unspecified atom stereocenters. The Kier molecular flexibility index (Phi) is 4.49. The zero-order valence-corrected chi connectivity index (χ0v) is 15.3. The van der Waals surface area contributed by atoms with Crippen LogP contribution >= 0.6 is 0 Å². The van der Waals surface area contributed by atoms with Crippen molar-refractivity contribution in [3.8, 4) is 22.5 Å². The number of benzene rings is 2. The molecule has 0 fully saturated rings. The number of carbonyl (C=O) groups excluding carboxylic acids is 1. The van der Waals surface area contributed by atoms with E-state index in [-0.39, 0.29) is 11.6 Å². The molecule has 140 valence electrons. The van der Waals surface area contributed by atoms with Gasteiger partial charge >= 0.3 is 0 Å². The zero-order chi connectivity index (χ0) is 19.7. The molecule has 4 rings (SSSR count). The second-order valence-corrected chi connectivity index (χ2v) is 6.52. The van der Waals surface area contributed by atoms with E-state index in [1.165, 1.54) is 18.2 Å². The number of hydrogen-bond acceptors (Lipinski definition) is 4. The van der Waals surface area contributed by atoms with Crippen LogP contribution in [0.2, 0.25) is 0 Å². The SMILES string of the molecule is Cc1ccc(NC(=O)c2cc(-c3ccc(F)cc3)no2)c(-c2cc(C)[nH]n2)c1. The standard InChI is InChI=1S/C21H17FN4O2/c1-12-3-8-17(16(9-12)19-10-13(2)24-25-19)23-21(27)20-11-18(26-28-20)14-4-6-15(22)7-5-14/h3-11H,1-2H3,(H,23,27)(H,24,25). The molecule has 0 radical (unpaired) electrons. The summed E-state index contributed by atoms with van der Waals surface area (Å²) in [5, 5.41) is 13.9. The first-order chi connectivity index (χ1) is 13.5. The number of aryl methyl sites for hydroxylation is 2. The number of rotatable bonds is 4. The molecule has 0 aliphatic heterocycles. The first kappa shape index (κ1) is 17.7. The summed E-state index contributed by atoms with van der Waals surface area (Å²) in [6.45, 7) is 3.89. The van der Waals surface area contributed by atoms with Gasteiger partial charge < -0.3 is 9.84 Å². The number of carbonyl (C=O) groups is 1. The van der Waals surface area contributed by atoms with Gasteiger partial charge in [-0.2, -0.15) is 5.10 Å². The highest BCUT2D eigenvalue weighted by atomic mass is 19.1. The van der Waals surface area contributed by atoms with Crippen LogP contribution in [0.5, 0.6) is 0 Å². The lowest BCUT2D eigenvalue weighted by molar-refractivity contribution is 0.0988. The number of aromatic amines is 1. The molecule has 2 aromatic heterocycles. The van der Waals surface area contributed by atoms with Crippen LogP contribution in [0.15, 0.2) is 59.1 Å². The van der Waals surface area contributed by atoms with Gasteiger partial charge in [-0.05, 0) is 56.3 Å². The van der Waals surface area contributed by atoms with Crippen LogP contribution in [0, 0.1) is 19.7 Å². The third-order valence-electron chi connectivity index (χ3n) is 4.28. The summed E-state index contributed by atoms with van der Waals surface area (Å²) in [5.74, 6) is -0.715. The minimum absolute atomic E-state index is 0.0593. The third kappa shape index (κ3) is 3.55. The van der Waals surface area contributed by atoms with Gasteiger partial charge in [0.2, 0.25) is 5.76 Å². The van der Waals surface area contributed by atoms with Gasteiger partial charge in [0.1, 0.15) is 11.5 Å². The lowest BCUT2D eigenvalue weighted by atomic mass is 10.1. The minimum Gasteiger partial charge on any atom is -0.350 e. The van der Waals surface area contributed by atoms with E-state index in [4.69, 9.17) is 4.52 Å². The largest absolute Gasteiger partial charge is 0.350 e. The number of amides is 1. The summed E-state index contributed by atoms with van der Waals surface area (Å²) in [6.07, 6.45) is 0. The van der Waals surface area contributed by atoms with Crippen LogP contribution in [0.4, 0.5) is 10.1 Å². The molecule has 28 heavy (non-hydrogen) atoms. The quantitative estimate of drug-likeness (QED) is 0.539. The molecule has 0 saturated carbocycles. The number of halogens is 1. The Morgan fingerprint density at radius 1 is 1.04 bits per heavy atom. The zero-order valence-electron chi connectivity index (χ0n) is 15.3. The number of nitrogens with zero attached hydrogens (tertiary/aromatic N) is 2. The third-order valence-corrected chi connectivity index (χ3v) is 4.28. The average Bonchev–Trinajstić information content (AvgIpc) is 3.33. The summed E-state index contributed by atoms with van der Waals surface area (Å²) in [6, 6.07) is 14.9. The minimum atomic E-state index is -0.432. The monoisotopic (exact) mass is 376 g/mol. The van der Waals surface area contributed by atoms with Crippen molar-refractivity contribution in [2.75, 3.05) is 5.32 Å². The number of H-pyrrole nitrogens is 1. The van der Waals surface area contributed by atoms with Gasteiger partial charge in [0, 0.05) is 22.9 Å². The van der Waals surface area contributed by atoms with Crippen LogP contribution in [0.3, 0.4) is 0 Å². The maximum atomic E-state index is 13.1. The summed E-state index contributed by atoms with van der Waals surface area (Å²) >= 11 is 0. The molecule has 0 spiro atoms. The van der Waals surface area contributed by atoms with Crippen molar-refractivity contribution in [1.29, 1.82) is 0 Å². The van der Waals surface area contributed by atoms with Crippen LogP contribution in [0.25, 0.3) is 22.5 Å². The van der Waals surface area contributed by atoms with Crippen LogP contribution in [0.1, 0.15) is 21.8 Å². The topological polar surface area (TPSA) is 83.8 Å². The lowest BCUT2D eigenvalue weighted by Gasteiger charge is -2.09. The molecular formula is C21H17FN4O2. The molecule has 0 aliphatic rings. The van der Waals surface area contributed by atoms with Crippen LogP contribution in [-0.2, 0) is 0 Å². The Hall–Kier alpha value is -3.74. The molecular weight excluding hydrogens is 359 g/mol. The summed E-state index contributed by atoms with van der Waals surface area (Å²) < 4.78 is 18.2. The molecule has 0 atom stereocenters. The van der Waals surface area contributed by atoms with E-state index in [2.05, 4.69) is 20.7 Å². The lowest BCUT2D eigenvalue weighted by Crippen LogP contribution is -2.11. The molecule has 1 amide bonds. The fourth-order valence-corrected chi connectivity index (χ4v) is 2.86. The highest BCUT2D eigenvalue weighted by Crippen LogP contribution is 2.29. The van der Waals surface area contributed by atoms with Gasteiger partial charge in [0.05, 0.1) is 11.4 Å². The Bertz CT molecular complexity index is 1150. The second kappa shape index (κ2) is 7.11. The van der Waals surface area contributed by atoms with E-state index < -0.39 is 5.91 Å². The first-order valence-corrected chi connectivity index (χ1v) is 8.66. The van der Waals surface area contributed by atoms with Gasteiger partial charge in [-0.15, -0.1) is 0 Å². The predicted molar refractivity (Wildman–Crippen MR) is 103 cm³/mol. The Morgan fingerprint density at radius 3 is 2.54 bits per heavy atom. The highest BCUT2D eigenvalue weighted by molar-refractivity contribution is 6.04. The van der Waals surface area contributed by atoms with E-state index in [9.17, 15) is 9.18 Å². The second-order valence-electron chi connectivity index (χ2n) is 6.52. The molecule has 0 saturated heterocycles. The maximum absolute atomic E-state index is 13.1. The molecule has 2 heterocycles. The van der Waals surface area contributed by atoms with Crippen molar-refractivity contribution < 1.29 is 13.7 Å². The van der Waals surface area contributed by atoms with E-state index in [0.29, 0.717) is 16.9 Å². The first-order valence-electron chi connectivity index (χ1n) is 8.66. The van der Waals surface area contributed by atoms with Crippen molar-refractivity contribution >= 4 is 11.6 Å². The molecule has 0 aliphatic carbocycles. The Morgan fingerprint density at radius 2 is 1.82 bits per heavy atom. The predicted octanol–water partition coefficient (Wildman–Crippen LogP) is 4.74. The van der Waals surface area contributed by atoms with Gasteiger partial charge in [0.15, 0.2) is 0 Å². The van der Waals surface area contributed by atoms with Gasteiger partial charge in [-0.25, -0.2) is 4.39 Å². The fourth-order valence-electron chi connectivity index (χ4n) is 2.86. The highest BCUT2D eigenvalue weighted by Gasteiger charge is 2.17. The molecule has 6 nitrogen and oxygen atoms in total. The van der Waals surface area contributed by atoms with E-state index >= 15 is 0 Å². The Labute approximate surface area is 160 Å². The van der Waals surface area contributed by atoms with Gasteiger partial charge in [-0.3, -0.25) is 9.89 Å². The smallest absolute Gasteiger partial charge is 0.294 e. The number of hydrogen-bond donors (Lipinski definition) is 2. The van der Waals surface area contributed by atoms with Crippen molar-refractivity contribution in [2.24, 2.45) is 0 Å². The molecule has 2 aromatic carbocycles. The maximum Gasteiger partial charge on any atom is 0.294 e. The summed E-state index contributed by atoms with van der Waals surface area (Å²) in [4.78, 5) is 12.7. The molecule has 7 heteroatoms. The Balaban J connectivity index is 1.60. The number of nitrogens with one attached hydrogen (secondary N) is 2. The molecule has 0 bridgehead atoms. The van der Waals surface area contributed by atoms with E-state index in [1.807, 2.05) is 38.1 Å². The molecule has 4 aromatic rings. The van der Waals surface area contributed by atoms with Crippen molar-refractivity contribution in [1.82, 2.24) is 15.4 Å². The average molecular weight is 376 g/mol. The normalized spacial score (nSPS) is 10.8. The summed E-state index contributed by atoms with van der Waals surface area (Å²) in [5.41, 5.74) is 5.24.